The molecule has 3 atom stereocenters. The summed E-state index contributed by atoms with van der Waals surface area (Å²) in [6, 6.07) is 3.95. The number of rotatable bonds is 9. The second kappa shape index (κ2) is 14.0. The maximum absolute atomic E-state index is 12.2. The lowest BCUT2D eigenvalue weighted by Gasteiger charge is -2.30. The van der Waals surface area contributed by atoms with Crippen molar-refractivity contribution in [3.8, 4) is 17.2 Å². The molecular formula is C21H36IN3O4S. The van der Waals surface area contributed by atoms with Gasteiger partial charge in [0.2, 0.25) is 0 Å². The van der Waals surface area contributed by atoms with Gasteiger partial charge < -0.3 is 24.8 Å². The first-order valence-electron chi connectivity index (χ1n) is 10.3. The van der Waals surface area contributed by atoms with Gasteiger partial charge in [0.25, 0.3) is 0 Å². The molecule has 0 saturated heterocycles. The molecule has 0 amide bonds. The van der Waals surface area contributed by atoms with Crippen LogP contribution in [0.5, 0.6) is 17.2 Å². The summed E-state index contributed by atoms with van der Waals surface area (Å²) in [4.78, 5) is 4.76. The van der Waals surface area contributed by atoms with Crippen molar-refractivity contribution < 1.29 is 18.4 Å². The molecule has 2 N–H and O–H groups in total. The van der Waals surface area contributed by atoms with Crippen LogP contribution in [0.25, 0.3) is 0 Å². The molecule has 30 heavy (non-hydrogen) atoms. The molecule has 3 unspecified atom stereocenters. The fraction of sp³-hybridized carbons (Fsp3) is 0.667. The second-order valence-electron chi connectivity index (χ2n) is 7.00. The van der Waals surface area contributed by atoms with Gasteiger partial charge in [0, 0.05) is 46.5 Å². The molecule has 0 aromatic heterocycles. The zero-order valence-electron chi connectivity index (χ0n) is 18.7. The van der Waals surface area contributed by atoms with Gasteiger partial charge in [-0.05, 0) is 26.2 Å². The van der Waals surface area contributed by atoms with Crippen molar-refractivity contribution >= 4 is 40.7 Å². The van der Waals surface area contributed by atoms with E-state index >= 15 is 0 Å². The van der Waals surface area contributed by atoms with Crippen molar-refractivity contribution in [2.24, 2.45) is 4.99 Å². The highest BCUT2D eigenvalue weighted by Crippen LogP contribution is 2.34. The highest BCUT2D eigenvalue weighted by Gasteiger charge is 2.26. The molecule has 0 bridgehead atoms. The number of guanidine groups is 1. The van der Waals surface area contributed by atoms with Crippen LogP contribution in [-0.4, -0.2) is 55.1 Å². The van der Waals surface area contributed by atoms with Crippen molar-refractivity contribution in [1.82, 2.24) is 10.6 Å². The van der Waals surface area contributed by atoms with E-state index in [1.54, 1.807) is 21.3 Å². The van der Waals surface area contributed by atoms with E-state index in [1.165, 1.54) is 0 Å². The van der Waals surface area contributed by atoms with Gasteiger partial charge in [-0.2, -0.15) is 0 Å². The quantitative estimate of drug-likeness (QED) is 0.277. The van der Waals surface area contributed by atoms with Crippen molar-refractivity contribution in [3.63, 3.8) is 0 Å². The van der Waals surface area contributed by atoms with Crippen LogP contribution in [0.1, 0.15) is 45.1 Å². The summed E-state index contributed by atoms with van der Waals surface area (Å²) in [5, 5.41) is 7.12. The number of halogens is 1. The molecule has 172 valence electrons. The summed E-state index contributed by atoms with van der Waals surface area (Å²) < 4.78 is 28.6. The molecule has 1 aliphatic rings. The van der Waals surface area contributed by atoms with Gasteiger partial charge in [0.1, 0.15) is 17.2 Å². The van der Waals surface area contributed by atoms with Gasteiger partial charge in [0.15, 0.2) is 5.96 Å². The van der Waals surface area contributed by atoms with Gasteiger partial charge in [-0.1, -0.05) is 13.3 Å². The molecule has 9 heteroatoms. The Hall–Kier alpha value is -1.23. The van der Waals surface area contributed by atoms with E-state index in [2.05, 4.69) is 10.6 Å². The minimum absolute atomic E-state index is 0. The van der Waals surface area contributed by atoms with Gasteiger partial charge >= 0.3 is 0 Å². The third-order valence-electron chi connectivity index (χ3n) is 5.18. The summed E-state index contributed by atoms with van der Waals surface area (Å²) in [5.41, 5.74) is 0.863. The SMILES string of the molecule is CCNC(=NCc1c(OC)cc(OC)cc1OC)NC1CCCC(S(=O)CC)C1.I. The molecule has 0 aliphatic heterocycles. The predicted molar refractivity (Wildman–Crippen MR) is 134 cm³/mol. The first-order chi connectivity index (χ1) is 14.1. The summed E-state index contributed by atoms with van der Waals surface area (Å²) in [6.45, 7) is 5.21. The van der Waals surface area contributed by atoms with Crippen LogP contribution in [0, 0.1) is 0 Å². The smallest absolute Gasteiger partial charge is 0.191 e. The Kier molecular flexibility index (Phi) is 12.5. The van der Waals surface area contributed by atoms with Gasteiger partial charge in [-0.15, -0.1) is 24.0 Å². The number of hydrogen-bond donors (Lipinski definition) is 2. The Morgan fingerprint density at radius 2 is 1.80 bits per heavy atom. The highest BCUT2D eigenvalue weighted by molar-refractivity contribution is 14.0. The zero-order chi connectivity index (χ0) is 21.2. The Morgan fingerprint density at radius 3 is 2.33 bits per heavy atom. The summed E-state index contributed by atoms with van der Waals surface area (Å²) in [5.74, 6) is 3.51. The third kappa shape index (κ3) is 7.47. The number of hydrogen-bond acceptors (Lipinski definition) is 5. The summed E-state index contributed by atoms with van der Waals surface area (Å²) >= 11 is 0. The second-order valence-corrected chi connectivity index (χ2v) is 9.01. The van der Waals surface area contributed by atoms with Crippen molar-refractivity contribution in [2.75, 3.05) is 33.6 Å². The highest BCUT2D eigenvalue weighted by atomic mass is 127. The fourth-order valence-corrected chi connectivity index (χ4v) is 5.00. The van der Waals surface area contributed by atoms with E-state index in [0.29, 0.717) is 23.8 Å². The van der Waals surface area contributed by atoms with Crippen LogP contribution in [0.4, 0.5) is 0 Å². The van der Waals surface area contributed by atoms with E-state index in [9.17, 15) is 4.21 Å². The Bertz CT molecular complexity index is 692. The molecule has 0 spiro atoms. The Balaban J connectivity index is 0.00000450. The number of ether oxygens (including phenoxy) is 3. The minimum atomic E-state index is -0.743. The summed E-state index contributed by atoms with van der Waals surface area (Å²) in [6.07, 6.45) is 4.12. The maximum Gasteiger partial charge on any atom is 0.191 e. The first kappa shape index (κ1) is 26.8. The molecule has 1 aliphatic carbocycles. The standard InChI is InChI=1S/C21H35N3O4S.HI/c1-6-22-21(24-15-9-8-10-17(11-15)29(25)7-2)23-14-18-19(27-4)12-16(26-3)13-20(18)28-5;/h12-13,15,17H,6-11,14H2,1-5H3,(H2,22,23,24);1H. The van der Waals surface area contributed by atoms with Gasteiger partial charge in [0.05, 0.1) is 33.4 Å². The fourth-order valence-electron chi connectivity index (χ4n) is 3.66. The van der Waals surface area contributed by atoms with Gasteiger partial charge in [-0.3, -0.25) is 4.21 Å². The molecule has 2 rings (SSSR count). The number of methoxy groups -OCH3 is 3. The normalized spacial score (nSPS) is 20.0. The molecule has 0 heterocycles. The van der Waals surface area contributed by atoms with E-state index in [1.807, 2.05) is 26.0 Å². The average Bonchev–Trinajstić information content (AvgIpc) is 2.76. The summed E-state index contributed by atoms with van der Waals surface area (Å²) in [7, 11) is 4.12. The van der Waals surface area contributed by atoms with E-state index in [4.69, 9.17) is 19.2 Å². The van der Waals surface area contributed by atoms with Crippen LogP contribution in [0.15, 0.2) is 17.1 Å². The third-order valence-corrected chi connectivity index (χ3v) is 6.92. The zero-order valence-corrected chi connectivity index (χ0v) is 21.8. The monoisotopic (exact) mass is 553 g/mol. The van der Waals surface area contributed by atoms with Crippen LogP contribution in [0.2, 0.25) is 0 Å². The molecular weight excluding hydrogens is 517 g/mol. The lowest BCUT2D eigenvalue weighted by atomic mass is 9.95. The van der Waals surface area contributed by atoms with Gasteiger partial charge in [-0.25, -0.2) is 4.99 Å². The molecule has 1 aromatic carbocycles. The molecule has 1 saturated carbocycles. The average molecular weight is 554 g/mol. The molecule has 1 aromatic rings. The van der Waals surface area contributed by atoms with Crippen LogP contribution in [0.3, 0.4) is 0 Å². The van der Waals surface area contributed by atoms with Crippen molar-refractivity contribution in [2.45, 2.75) is 57.4 Å². The van der Waals surface area contributed by atoms with E-state index in [0.717, 1.165) is 49.5 Å². The Morgan fingerprint density at radius 1 is 1.13 bits per heavy atom. The van der Waals surface area contributed by atoms with E-state index < -0.39 is 10.8 Å². The van der Waals surface area contributed by atoms with Crippen LogP contribution < -0.4 is 24.8 Å². The van der Waals surface area contributed by atoms with Crippen molar-refractivity contribution in [1.29, 1.82) is 0 Å². The molecule has 1 fully saturated rings. The Labute approximate surface area is 200 Å². The number of benzene rings is 1. The number of nitrogens with zero attached hydrogens (tertiary/aromatic N) is 1. The van der Waals surface area contributed by atoms with Crippen LogP contribution in [-0.2, 0) is 17.3 Å². The topological polar surface area (TPSA) is 81.2 Å². The predicted octanol–water partition coefficient (Wildman–Crippen LogP) is 3.47. The number of nitrogens with one attached hydrogen (secondary N) is 2. The lowest BCUT2D eigenvalue weighted by molar-refractivity contribution is 0.369. The van der Waals surface area contributed by atoms with E-state index in [-0.39, 0.29) is 35.3 Å². The minimum Gasteiger partial charge on any atom is -0.496 e. The first-order valence-corrected chi connectivity index (χ1v) is 11.6. The molecule has 7 nitrogen and oxygen atoms in total. The lowest BCUT2D eigenvalue weighted by Crippen LogP contribution is -2.46. The number of aliphatic imine (C=N–C) groups is 1. The van der Waals surface area contributed by atoms with Crippen LogP contribution >= 0.6 is 24.0 Å². The van der Waals surface area contributed by atoms with Crippen molar-refractivity contribution in [3.05, 3.63) is 17.7 Å². The maximum atomic E-state index is 12.2. The molecule has 0 radical (unpaired) electrons. The largest absolute Gasteiger partial charge is 0.496 e.